The van der Waals surface area contributed by atoms with Crippen LogP contribution in [-0.2, 0) is 6.42 Å². The monoisotopic (exact) mass is 430 g/mol. The second-order valence-electron chi connectivity index (χ2n) is 6.50. The minimum Gasteiger partial charge on any atom is -0.490 e. The van der Waals surface area contributed by atoms with Gasteiger partial charge < -0.3 is 15.2 Å². The van der Waals surface area contributed by atoms with Crippen molar-refractivity contribution in [2.45, 2.75) is 38.8 Å². The third kappa shape index (κ3) is 6.38. The number of hydrogen-bond acceptors (Lipinski definition) is 4. The molecule has 6 heteroatoms. The molecule has 142 valence electrons. The molecule has 0 fully saturated rings. The van der Waals surface area contributed by atoms with E-state index in [0.717, 1.165) is 10.0 Å². The van der Waals surface area contributed by atoms with Gasteiger partial charge >= 0.3 is 0 Å². The molecule has 0 heterocycles. The Morgan fingerprint density at radius 1 is 1.26 bits per heavy atom. The maximum absolute atomic E-state index is 12.6. The molecule has 0 saturated carbocycles. The molecule has 0 aliphatic carbocycles. The lowest BCUT2D eigenvalue weighted by atomic mass is 10.0. The average molecular weight is 431 g/mol. The van der Waals surface area contributed by atoms with Gasteiger partial charge in [0.1, 0.15) is 11.8 Å². The SMILES string of the molecule is CC(C)Oc1ccc(C(=O)N[C@H](CCO)Cc2ccc(Br)cc2)cc1C#N. The summed E-state index contributed by atoms with van der Waals surface area (Å²) in [6.07, 6.45) is 0.998. The Kier molecular flexibility index (Phi) is 7.83. The predicted octanol–water partition coefficient (Wildman–Crippen LogP) is 3.83. The molecule has 0 aliphatic heterocycles. The standard InChI is InChI=1S/C21H23BrN2O3/c1-14(2)27-20-8-5-16(12-17(20)13-23)21(26)24-19(9-10-25)11-15-3-6-18(22)7-4-15/h3-8,12,14,19,25H,9-11H2,1-2H3,(H,24,26)/t19-/m1/s1. The number of hydrogen-bond donors (Lipinski definition) is 2. The van der Waals surface area contributed by atoms with Gasteiger partial charge in [-0.05, 0) is 62.6 Å². The summed E-state index contributed by atoms with van der Waals surface area (Å²) in [5.41, 5.74) is 1.78. The molecule has 0 aromatic heterocycles. The van der Waals surface area contributed by atoms with Crippen LogP contribution in [0.2, 0.25) is 0 Å². The van der Waals surface area contributed by atoms with Gasteiger partial charge in [0, 0.05) is 22.7 Å². The molecule has 0 radical (unpaired) electrons. The fourth-order valence-corrected chi connectivity index (χ4v) is 2.93. The maximum Gasteiger partial charge on any atom is 0.251 e. The minimum atomic E-state index is -0.279. The number of halogens is 1. The van der Waals surface area contributed by atoms with Crippen molar-refractivity contribution in [3.05, 3.63) is 63.6 Å². The molecular weight excluding hydrogens is 408 g/mol. The summed E-state index contributed by atoms with van der Waals surface area (Å²) in [6.45, 7) is 3.73. The Bertz CT molecular complexity index is 813. The number of nitrogens with one attached hydrogen (secondary N) is 1. The maximum atomic E-state index is 12.6. The number of aliphatic hydroxyl groups excluding tert-OH is 1. The Balaban J connectivity index is 2.12. The van der Waals surface area contributed by atoms with Gasteiger partial charge in [-0.1, -0.05) is 28.1 Å². The van der Waals surface area contributed by atoms with E-state index in [9.17, 15) is 15.2 Å². The molecule has 2 N–H and O–H groups in total. The fraction of sp³-hybridized carbons (Fsp3) is 0.333. The van der Waals surface area contributed by atoms with Gasteiger partial charge in [-0.25, -0.2) is 0 Å². The van der Waals surface area contributed by atoms with Crippen molar-refractivity contribution in [2.75, 3.05) is 6.61 Å². The van der Waals surface area contributed by atoms with Gasteiger partial charge in [0.2, 0.25) is 0 Å². The van der Waals surface area contributed by atoms with Crippen LogP contribution in [-0.4, -0.2) is 29.8 Å². The van der Waals surface area contributed by atoms with E-state index in [0.29, 0.717) is 29.7 Å². The van der Waals surface area contributed by atoms with E-state index in [1.165, 1.54) is 6.07 Å². The molecule has 0 aliphatic rings. The van der Waals surface area contributed by atoms with Gasteiger partial charge in [-0.15, -0.1) is 0 Å². The normalized spacial score (nSPS) is 11.7. The topological polar surface area (TPSA) is 82.3 Å². The third-order valence-corrected chi connectivity index (χ3v) is 4.46. The summed E-state index contributed by atoms with van der Waals surface area (Å²) in [7, 11) is 0. The summed E-state index contributed by atoms with van der Waals surface area (Å²) in [5.74, 6) is 0.184. The van der Waals surface area contributed by atoms with E-state index in [2.05, 4.69) is 27.3 Å². The summed E-state index contributed by atoms with van der Waals surface area (Å²) >= 11 is 3.40. The molecule has 2 rings (SSSR count). The lowest BCUT2D eigenvalue weighted by Crippen LogP contribution is -2.37. The highest BCUT2D eigenvalue weighted by atomic mass is 79.9. The number of nitriles is 1. The summed E-state index contributed by atoms with van der Waals surface area (Å²) in [6, 6.07) is 14.5. The van der Waals surface area contributed by atoms with Crippen LogP contribution in [0.15, 0.2) is 46.9 Å². The molecule has 0 spiro atoms. The van der Waals surface area contributed by atoms with Crippen LogP contribution < -0.4 is 10.1 Å². The number of aliphatic hydroxyl groups is 1. The fourth-order valence-electron chi connectivity index (χ4n) is 2.67. The predicted molar refractivity (Wildman–Crippen MR) is 108 cm³/mol. The van der Waals surface area contributed by atoms with Crippen molar-refractivity contribution >= 4 is 21.8 Å². The number of nitrogens with zero attached hydrogens (tertiary/aromatic N) is 1. The Morgan fingerprint density at radius 2 is 1.96 bits per heavy atom. The molecule has 2 aromatic carbocycles. The molecule has 27 heavy (non-hydrogen) atoms. The van der Waals surface area contributed by atoms with E-state index >= 15 is 0 Å². The molecule has 1 atom stereocenters. The van der Waals surface area contributed by atoms with E-state index in [-0.39, 0.29) is 24.7 Å². The number of ether oxygens (including phenoxy) is 1. The Hall–Kier alpha value is -2.36. The smallest absolute Gasteiger partial charge is 0.251 e. The van der Waals surface area contributed by atoms with E-state index in [1.807, 2.05) is 38.1 Å². The van der Waals surface area contributed by atoms with Crippen molar-refractivity contribution in [3.8, 4) is 11.8 Å². The Labute approximate surface area is 168 Å². The molecule has 1 amide bonds. The zero-order valence-electron chi connectivity index (χ0n) is 15.4. The average Bonchev–Trinajstić information content (AvgIpc) is 2.63. The number of carbonyl (C=O) groups is 1. The van der Waals surface area contributed by atoms with E-state index < -0.39 is 0 Å². The highest BCUT2D eigenvalue weighted by Gasteiger charge is 2.16. The van der Waals surface area contributed by atoms with Crippen molar-refractivity contribution in [3.63, 3.8) is 0 Å². The highest BCUT2D eigenvalue weighted by Crippen LogP contribution is 2.21. The zero-order chi connectivity index (χ0) is 19.8. The van der Waals surface area contributed by atoms with Gasteiger partial charge in [-0.2, -0.15) is 5.26 Å². The Morgan fingerprint density at radius 3 is 2.56 bits per heavy atom. The molecular formula is C21H23BrN2O3. The van der Waals surface area contributed by atoms with Crippen LogP contribution in [0.3, 0.4) is 0 Å². The molecule has 0 unspecified atom stereocenters. The summed E-state index contributed by atoms with van der Waals surface area (Å²) < 4.78 is 6.58. The van der Waals surface area contributed by atoms with Gasteiger partial charge in [0.05, 0.1) is 11.7 Å². The first-order valence-corrected chi connectivity index (χ1v) is 9.59. The van der Waals surface area contributed by atoms with Crippen molar-refractivity contribution < 1.29 is 14.6 Å². The molecule has 0 bridgehead atoms. The summed E-state index contributed by atoms with van der Waals surface area (Å²) in [4.78, 5) is 12.6. The number of rotatable bonds is 8. The summed E-state index contributed by atoms with van der Waals surface area (Å²) in [5, 5.41) is 21.6. The molecule has 2 aromatic rings. The van der Waals surface area contributed by atoms with Crippen molar-refractivity contribution in [2.24, 2.45) is 0 Å². The van der Waals surface area contributed by atoms with Crippen LogP contribution in [0.1, 0.15) is 41.8 Å². The number of amides is 1. The van der Waals surface area contributed by atoms with Crippen LogP contribution in [0.25, 0.3) is 0 Å². The minimum absolute atomic E-state index is 0.0217. The number of carbonyl (C=O) groups excluding carboxylic acids is 1. The largest absolute Gasteiger partial charge is 0.490 e. The van der Waals surface area contributed by atoms with Crippen LogP contribution in [0.4, 0.5) is 0 Å². The van der Waals surface area contributed by atoms with Crippen molar-refractivity contribution in [1.82, 2.24) is 5.32 Å². The quantitative estimate of drug-likeness (QED) is 0.666. The third-order valence-electron chi connectivity index (χ3n) is 3.93. The van der Waals surface area contributed by atoms with Crippen molar-refractivity contribution in [1.29, 1.82) is 5.26 Å². The lowest BCUT2D eigenvalue weighted by molar-refractivity contribution is 0.0930. The highest BCUT2D eigenvalue weighted by molar-refractivity contribution is 9.10. The number of benzene rings is 2. The van der Waals surface area contributed by atoms with Crippen LogP contribution in [0.5, 0.6) is 5.75 Å². The van der Waals surface area contributed by atoms with Crippen LogP contribution >= 0.6 is 15.9 Å². The molecule has 0 saturated heterocycles. The van der Waals surface area contributed by atoms with E-state index in [1.54, 1.807) is 12.1 Å². The second-order valence-corrected chi connectivity index (χ2v) is 7.42. The van der Waals surface area contributed by atoms with Gasteiger partial charge in [0.25, 0.3) is 5.91 Å². The molecule has 5 nitrogen and oxygen atoms in total. The lowest BCUT2D eigenvalue weighted by Gasteiger charge is -2.19. The van der Waals surface area contributed by atoms with Crippen LogP contribution in [0, 0.1) is 11.3 Å². The first-order valence-electron chi connectivity index (χ1n) is 8.80. The first-order chi connectivity index (χ1) is 12.9. The zero-order valence-corrected chi connectivity index (χ0v) is 17.0. The van der Waals surface area contributed by atoms with E-state index in [4.69, 9.17) is 4.74 Å². The second kappa shape index (κ2) is 10.1. The first kappa shape index (κ1) is 20.9. The van der Waals surface area contributed by atoms with Gasteiger partial charge in [-0.3, -0.25) is 4.79 Å². The van der Waals surface area contributed by atoms with Gasteiger partial charge in [0.15, 0.2) is 0 Å².